The second kappa shape index (κ2) is 5.95. The van der Waals surface area contributed by atoms with Gasteiger partial charge in [0, 0.05) is 6.20 Å². The van der Waals surface area contributed by atoms with Crippen molar-refractivity contribution in [2.24, 2.45) is 0 Å². The third kappa shape index (κ3) is 3.19. The Hall–Kier alpha value is -1.72. The molecule has 0 radical (unpaired) electrons. The van der Waals surface area contributed by atoms with Gasteiger partial charge in [-0.3, -0.25) is 0 Å². The zero-order valence-corrected chi connectivity index (χ0v) is 11.5. The molecule has 0 unspecified atom stereocenters. The summed E-state index contributed by atoms with van der Waals surface area (Å²) in [7, 11) is 1.59. The fourth-order valence-electron chi connectivity index (χ4n) is 1.42. The van der Waals surface area contributed by atoms with Crippen molar-refractivity contribution < 1.29 is 14.6 Å². The summed E-state index contributed by atoms with van der Waals surface area (Å²) < 4.78 is 5.23. The summed E-state index contributed by atoms with van der Waals surface area (Å²) in [5, 5.41) is 9.69. The Morgan fingerprint density at radius 3 is 2.79 bits per heavy atom. The van der Waals surface area contributed by atoms with Crippen LogP contribution in [0.4, 0.5) is 0 Å². The van der Waals surface area contributed by atoms with Gasteiger partial charge < -0.3 is 9.84 Å². The second-order valence-electron chi connectivity index (χ2n) is 3.57. The molecule has 1 aromatic carbocycles. The van der Waals surface area contributed by atoms with Crippen LogP contribution in [0.2, 0.25) is 5.02 Å². The molecule has 0 aliphatic carbocycles. The largest absolute Gasteiger partial charge is 0.496 e. The number of halogens is 1. The number of hydrogen-bond acceptors (Lipinski definition) is 4. The molecule has 19 heavy (non-hydrogen) atoms. The summed E-state index contributed by atoms with van der Waals surface area (Å²) in [4.78, 5) is 15.7. The smallest absolute Gasteiger partial charge is 0.337 e. The lowest BCUT2D eigenvalue weighted by Crippen LogP contribution is -1.97. The molecule has 98 valence electrons. The van der Waals surface area contributed by atoms with Gasteiger partial charge in [0.1, 0.15) is 10.8 Å². The normalized spacial score (nSPS) is 10.2. The number of nitrogens with zero attached hydrogens (tertiary/aromatic N) is 1. The number of methoxy groups -OCH3 is 1. The van der Waals surface area contributed by atoms with Gasteiger partial charge in [0.25, 0.3) is 0 Å². The number of para-hydroxylation sites is 1. The van der Waals surface area contributed by atoms with E-state index in [2.05, 4.69) is 4.98 Å². The van der Waals surface area contributed by atoms with Crippen molar-refractivity contribution in [3.05, 3.63) is 47.1 Å². The zero-order chi connectivity index (χ0) is 13.8. The molecule has 1 aromatic heterocycles. The lowest BCUT2D eigenvalue weighted by molar-refractivity contribution is 0.0696. The first-order chi connectivity index (χ1) is 9.11. The highest BCUT2D eigenvalue weighted by Crippen LogP contribution is 2.36. The average Bonchev–Trinajstić information content (AvgIpc) is 2.41. The van der Waals surface area contributed by atoms with E-state index in [4.69, 9.17) is 21.4 Å². The van der Waals surface area contributed by atoms with E-state index in [1.165, 1.54) is 24.0 Å². The van der Waals surface area contributed by atoms with E-state index in [1.54, 1.807) is 7.11 Å². The monoisotopic (exact) mass is 295 g/mol. The third-order valence-electron chi connectivity index (χ3n) is 2.33. The van der Waals surface area contributed by atoms with Crippen LogP contribution in [0.15, 0.2) is 46.5 Å². The predicted molar refractivity (Wildman–Crippen MR) is 73.3 cm³/mol. The molecule has 0 amide bonds. The molecule has 0 fully saturated rings. The van der Waals surface area contributed by atoms with Gasteiger partial charge in [-0.2, -0.15) is 0 Å². The summed E-state index contributed by atoms with van der Waals surface area (Å²) in [5.41, 5.74) is 0.0642. The van der Waals surface area contributed by atoms with E-state index >= 15 is 0 Å². The number of rotatable bonds is 4. The summed E-state index contributed by atoms with van der Waals surface area (Å²) in [6.45, 7) is 0. The van der Waals surface area contributed by atoms with Gasteiger partial charge >= 0.3 is 5.97 Å². The molecule has 0 aliphatic rings. The molecule has 2 rings (SSSR count). The minimum atomic E-state index is -1.05. The van der Waals surface area contributed by atoms with Crippen LogP contribution < -0.4 is 4.74 Å². The first kappa shape index (κ1) is 13.7. The minimum absolute atomic E-state index is 0.0642. The van der Waals surface area contributed by atoms with Crippen LogP contribution in [0.1, 0.15) is 10.4 Å². The van der Waals surface area contributed by atoms with Gasteiger partial charge in [0.2, 0.25) is 0 Å². The number of pyridine rings is 1. The molecule has 1 N–H and O–H groups in total. The van der Waals surface area contributed by atoms with Crippen molar-refractivity contribution in [2.45, 2.75) is 9.92 Å². The molecule has 2 aromatic rings. The Balaban J connectivity index is 2.31. The number of ether oxygens (including phenoxy) is 1. The topological polar surface area (TPSA) is 59.4 Å². The Morgan fingerprint density at radius 2 is 2.16 bits per heavy atom. The molecule has 4 nitrogen and oxygen atoms in total. The van der Waals surface area contributed by atoms with E-state index in [0.717, 1.165) is 4.90 Å². The van der Waals surface area contributed by atoms with Gasteiger partial charge in [0.05, 0.1) is 22.6 Å². The number of aromatic nitrogens is 1. The van der Waals surface area contributed by atoms with Crippen molar-refractivity contribution in [2.75, 3.05) is 7.11 Å². The number of carboxylic acid groups (broad SMARTS) is 1. The number of benzene rings is 1. The van der Waals surface area contributed by atoms with E-state index in [0.29, 0.717) is 15.8 Å². The maximum atomic E-state index is 10.8. The molecule has 0 bridgehead atoms. The highest BCUT2D eigenvalue weighted by molar-refractivity contribution is 7.99. The summed E-state index contributed by atoms with van der Waals surface area (Å²) in [6.07, 6.45) is 1.28. The van der Waals surface area contributed by atoms with Gasteiger partial charge in [0.15, 0.2) is 0 Å². The first-order valence-corrected chi connectivity index (χ1v) is 6.51. The predicted octanol–water partition coefficient (Wildman–Crippen LogP) is 3.59. The van der Waals surface area contributed by atoms with Crippen molar-refractivity contribution in [3.8, 4) is 5.75 Å². The summed E-state index contributed by atoms with van der Waals surface area (Å²) >= 11 is 7.36. The van der Waals surface area contributed by atoms with Crippen LogP contribution in [0.5, 0.6) is 5.75 Å². The van der Waals surface area contributed by atoms with Gasteiger partial charge in [-0.1, -0.05) is 35.5 Å². The SMILES string of the molecule is COc1ccccc1Sc1ncc(C(=O)O)cc1Cl. The number of aromatic carboxylic acids is 1. The molecular formula is C13H10ClNO3S. The number of carbonyl (C=O) groups is 1. The van der Waals surface area contributed by atoms with Crippen LogP contribution in [-0.2, 0) is 0 Å². The van der Waals surface area contributed by atoms with Crippen molar-refractivity contribution in [3.63, 3.8) is 0 Å². The van der Waals surface area contributed by atoms with Crippen LogP contribution in [0.25, 0.3) is 0 Å². The summed E-state index contributed by atoms with van der Waals surface area (Å²) in [5.74, 6) is -0.337. The molecule has 0 atom stereocenters. The van der Waals surface area contributed by atoms with E-state index < -0.39 is 5.97 Å². The maximum absolute atomic E-state index is 10.8. The van der Waals surface area contributed by atoms with Gasteiger partial charge in [-0.05, 0) is 18.2 Å². The van der Waals surface area contributed by atoms with E-state index in [9.17, 15) is 4.79 Å². The molecule has 6 heteroatoms. The molecule has 1 heterocycles. The number of carboxylic acids is 1. The van der Waals surface area contributed by atoms with Gasteiger partial charge in [-0.25, -0.2) is 9.78 Å². The van der Waals surface area contributed by atoms with E-state index in [1.807, 2.05) is 24.3 Å². The van der Waals surface area contributed by atoms with E-state index in [-0.39, 0.29) is 5.56 Å². The second-order valence-corrected chi connectivity index (χ2v) is 5.01. The first-order valence-electron chi connectivity index (χ1n) is 5.31. The van der Waals surface area contributed by atoms with Crippen molar-refractivity contribution in [1.29, 1.82) is 0 Å². The highest BCUT2D eigenvalue weighted by Gasteiger charge is 2.11. The van der Waals surface area contributed by atoms with Crippen molar-refractivity contribution in [1.82, 2.24) is 4.98 Å². The molecule has 0 saturated heterocycles. The fourth-order valence-corrected chi connectivity index (χ4v) is 2.58. The van der Waals surface area contributed by atoms with Crippen LogP contribution in [-0.4, -0.2) is 23.2 Å². The van der Waals surface area contributed by atoms with Crippen LogP contribution in [0, 0.1) is 0 Å². The van der Waals surface area contributed by atoms with Crippen LogP contribution in [0.3, 0.4) is 0 Å². The Morgan fingerprint density at radius 1 is 1.42 bits per heavy atom. The Kier molecular flexibility index (Phi) is 4.29. The minimum Gasteiger partial charge on any atom is -0.496 e. The highest BCUT2D eigenvalue weighted by atomic mass is 35.5. The zero-order valence-electron chi connectivity index (χ0n) is 9.96. The van der Waals surface area contributed by atoms with Crippen molar-refractivity contribution >= 4 is 29.3 Å². The molecule has 0 aliphatic heterocycles. The number of hydrogen-bond donors (Lipinski definition) is 1. The maximum Gasteiger partial charge on any atom is 0.337 e. The quantitative estimate of drug-likeness (QED) is 0.934. The Bertz CT molecular complexity index is 619. The standard InChI is InChI=1S/C13H10ClNO3S/c1-18-10-4-2-3-5-11(10)19-12-9(14)6-8(7-15-12)13(16)17/h2-7H,1H3,(H,16,17). The molecule has 0 saturated carbocycles. The van der Waals surface area contributed by atoms with Crippen LogP contribution >= 0.6 is 23.4 Å². The molecular weight excluding hydrogens is 286 g/mol. The lowest BCUT2D eigenvalue weighted by atomic mass is 10.3. The third-order valence-corrected chi connectivity index (χ3v) is 3.81. The molecule has 0 spiro atoms. The Labute approximate surface area is 119 Å². The summed E-state index contributed by atoms with van der Waals surface area (Å²) in [6, 6.07) is 8.85. The lowest BCUT2D eigenvalue weighted by Gasteiger charge is -2.08. The fraction of sp³-hybridized carbons (Fsp3) is 0.0769. The van der Waals surface area contributed by atoms with Gasteiger partial charge in [-0.15, -0.1) is 0 Å². The average molecular weight is 296 g/mol.